The first-order valence-corrected chi connectivity index (χ1v) is 4.65. The zero-order valence-corrected chi connectivity index (χ0v) is 7.90. The van der Waals surface area contributed by atoms with Crippen molar-refractivity contribution in [3.63, 3.8) is 0 Å². The monoisotopic (exact) mass is 176 g/mol. The predicted molar refractivity (Wildman–Crippen MR) is 49.0 cm³/mol. The maximum Gasteiger partial charge on any atom is 0.302 e. The van der Waals surface area contributed by atoms with Crippen LogP contribution in [0.1, 0.15) is 32.6 Å². The van der Waals surface area contributed by atoms with Crippen LogP contribution in [0.15, 0.2) is 0 Å². The molecule has 0 unspecified atom stereocenters. The molecular weight excluding hydrogens is 160 g/mol. The van der Waals surface area contributed by atoms with Crippen LogP contribution in [0, 0.1) is 0 Å². The van der Waals surface area contributed by atoms with E-state index >= 15 is 0 Å². The van der Waals surface area contributed by atoms with E-state index in [0.29, 0.717) is 6.61 Å². The summed E-state index contributed by atoms with van der Waals surface area (Å²) >= 11 is 4.09. The van der Waals surface area contributed by atoms with Gasteiger partial charge in [0.15, 0.2) is 0 Å². The van der Waals surface area contributed by atoms with Crippen LogP contribution in [0.5, 0.6) is 0 Å². The van der Waals surface area contributed by atoms with Crippen molar-refractivity contribution in [1.82, 2.24) is 0 Å². The summed E-state index contributed by atoms with van der Waals surface area (Å²) in [6.07, 6.45) is 4.45. The lowest BCUT2D eigenvalue weighted by Gasteiger charge is -2.00. The average Bonchev–Trinajstić information content (AvgIpc) is 1.96. The number of ether oxygens (including phenoxy) is 1. The smallest absolute Gasteiger partial charge is 0.302 e. The van der Waals surface area contributed by atoms with Gasteiger partial charge in [-0.2, -0.15) is 12.6 Å². The van der Waals surface area contributed by atoms with Crippen molar-refractivity contribution < 1.29 is 9.53 Å². The fourth-order valence-corrected chi connectivity index (χ4v) is 1.01. The van der Waals surface area contributed by atoms with E-state index in [1.807, 2.05) is 0 Å². The summed E-state index contributed by atoms with van der Waals surface area (Å²) in [6, 6.07) is 0. The average molecular weight is 176 g/mol. The molecule has 0 atom stereocenters. The Balaban J connectivity index is 2.85. The zero-order valence-electron chi connectivity index (χ0n) is 7.01. The van der Waals surface area contributed by atoms with Crippen LogP contribution in [0.3, 0.4) is 0 Å². The molecule has 0 heterocycles. The molecule has 66 valence electrons. The normalized spacial score (nSPS) is 9.64. The van der Waals surface area contributed by atoms with E-state index in [9.17, 15) is 4.79 Å². The van der Waals surface area contributed by atoms with Crippen molar-refractivity contribution in [2.45, 2.75) is 32.6 Å². The Morgan fingerprint density at radius 3 is 2.45 bits per heavy atom. The molecule has 0 aromatic rings. The Labute approximate surface area is 73.7 Å². The summed E-state index contributed by atoms with van der Waals surface area (Å²) in [5.41, 5.74) is 0. The largest absolute Gasteiger partial charge is 0.466 e. The molecule has 0 radical (unpaired) electrons. The molecule has 0 bridgehead atoms. The molecular formula is C8H16O2S. The van der Waals surface area contributed by atoms with Crippen molar-refractivity contribution >= 4 is 18.6 Å². The summed E-state index contributed by atoms with van der Waals surface area (Å²) in [5.74, 6) is 0.771. The molecule has 0 aliphatic carbocycles. The maximum absolute atomic E-state index is 10.3. The molecule has 2 nitrogen and oxygen atoms in total. The highest BCUT2D eigenvalue weighted by atomic mass is 32.1. The van der Waals surface area contributed by atoms with E-state index in [1.165, 1.54) is 13.3 Å². The number of hydrogen-bond donors (Lipinski definition) is 1. The molecule has 0 rings (SSSR count). The minimum Gasteiger partial charge on any atom is -0.466 e. The van der Waals surface area contributed by atoms with Crippen molar-refractivity contribution in [3.8, 4) is 0 Å². The first kappa shape index (κ1) is 10.8. The van der Waals surface area contributed by atoms with Gasteiger partial charge >= 0.3 is 5.97 Å². The van der Waals surface area contributed by atoms with E-state index in [1.54, 1.807) is 0 Å². The molecule has 0 aromatic carbocycles. The molecule has 0 spiro atoms. The molecule has 0 aromatic heterocycles. The lowest BCUT2D eigenvalue weighted by molar-refractivity contribution is -0.141. The summed E-state index contributed by atoms with van der Waals surface area (Å²) in [5, 5.41) is 0. The summed E-state index contributed by atoms with van der Waals surface area (Å²) in [6.45, 7) is 2.01. The molecule has 0 saturated carbocycles. The fraction of sp³-hybridized carbons (Fsp3) is 0.875. The maximum atomic E-state index is 10.3. The quantitative estimate of drug-likeness (QED) is 0.381. The van der Waals surface area contributed by atoms with Gasteiger partial charge in [0.1, 0.15) is 0 Å². The summed E-state index contributed by atoms with van der Waals surface area (Å²) < 4.78 is 4.76. The summed E-state index contributed by atoms with van der Waals surface area (Å²) in [7, 11) is 0. The third-order valence-corrected chi connectivity index (χ3v) is 1.67. The topological polar surface area (TPSA) is 26.3 Å². The van der Waals surface area contributed by atoms with Gasteiger partial charge in [0.05, 0.1) is 6.61 Å². The van der Waals surface area contributed by atoms with Crippen LogP contribution < -0.4 is 0 Å². The Kier molecular flexibility index (Phi) is 7.79. The van der Waals surface area contributed by atoms with Gasteiger partial charge in [-0.25, -0.2) is 0 Å². The van der Waals surface area contributed by atoms with Crippen LogP contribution >= 0.6 is 12.6 Å². The number of hydrogen-bond acceptors (Lipinski definition) is 3. The molecule has 0 amide bonds. The number of esters is 1. The Morgan fingerprint density at radius 2 is 1.91 bits per heavy atom. The van der Waals surface area contributed by atoms with E-state index in [2.05, 4.69) is 12.6 Å². The van der Waals surface area contributed by atoms with Gasteiger partial charge in [-0.05, 0) is 18.6 Å². The highest BCUT2D eigenvalue weighted by molar-refractivity contribution is 7.80. The van der Waals surface area contributed by atoms with Gasteiger partial charge in [-0.1, -0.05) is 12.8 Å². The van der Waals surface area contributed by atoms with E-state index in [0.717, 1.165) is 25.0 Å². The number of rotatable bonds is 6. The van der Waals surface area contributed by atoms with Crippen LogP contribution in [-0.2, 0) is 9.53 Å². The third kappa shape index (κ3) is 9.82. The highest BCUT2D eigenvalue weighted by Crippen LogP contribution is 2.00. The lowest BCUT2D eigenvalue weighted by atomic mass is 10.2. The van der Waals surface area contributed by atoms with Gasteiger partial charge < -0.3 is 4.74 Å². The second-order valence-electron chi connectivity index (χ2n) is 2.48. The Morgan fingerprint density at radius 1 is 1.27 bits per heavy atom. The number of unbranched alkanes of at least 4 members (excludes halogenated alkanes) is 3. The molecule has 0 fully saturated rings. The number of carbonyl (C=O) groups is 1. The minimum atomic E-state index is -0.181. The molecule has 11 heavy (non-hydrogen) atoms. The first-order chi connectivity index (χ1) is 5.27. The van der Waals surface area contributed by atoms with Gasteiger partial charge in [-0.15, -0.1) is 0 Å². The van der Waals surface area contributed by atoms with Crippen molar-refractivity contribution in [3.05, 3.63) is 0 Å². The fourth-order valence-electron chi connectivity index (χ4n) is 0.783. The standard InChI is InChI=1S/C8H16O2S/c1-8(9)10-6-4-2-3-5-7-11/h11H,2-7H2,1H3. The van der Waals surface area contributed by atoms with Gasteiger partial charge in [-0.3, -0.25) is 4.79 Å². The molecule has 0 N–H and O–H groups in total. The van der Waals surface area contributed by atoms with E-state index in [4.69, 9.17) is 4.74 Å². The van der Waals surface area contributed by atoms with Crippen molar-refractivity contribution in [2.24, 2.45) is 0 Å². The summed E-state index contributed by atoms with van der Waals surface area (Å²) in [4.78, 5) is 10.3. The molecule has 3 heteroatoms. The van der Waals surface area contributed by atoms with Crippen molar-refractivity contribution in [2.75, 3.05) is 12.4 Å². The molecule has 0 aliphatic rings. The third-order valence-electron chi connectivity index (χ3n) is 1.36. The van der Waals surface area contributed by atoms with Crippen molar-refractivity contribution in [1.29, 1.82) is 0 Å². The second kappa shape index (κ2) is 7.92. The van der Waals surface area contributed by atoms with E-state index < -0.39 is 0 Å². The Hall–Kier alpha value is -0.180. The first-order valence-electron chi connectivity index (χ1n) is 4.01. The Bertz CT molecular complexity index is 104. The van der Waals surface area contributed by atoms with Crippen LogP contribution in [-0.4, -0.2) is 18.3 Å². The van der Waals surface area contributed by atoms with E-state index in [-0.39, 0.29) is 5.97 Å². The van der Waals surface area contributed by atoms with Crippen LogP contribution in [0.2, 0.25) is 0 Å². The molecule has 0 saturated heterocycles. The van der Waals surface area contributed by atoms with Gasteiger partial charge in [0.2, 0.25) is 0 Å². The SMILES string of the molecule is CC(=O)OCCCCCCS. The lowest BCUT2D eigenvalue weighted by Crippen LogP contribution is -2.00. The number of thiol groups is 1. The second-order valence-corrected chi connectivity index (χ2v) is 2.93. The highest BCUT2D eigenvalue weighted by Gasteiger charge is 1.92. The minimum absolute atomic E-state index is 0.181. The number of carbonyl (C=O) groups excluding carboxylic acids is 1. The zero-order chi connectivity index (χ0) is 8.53. The molecule has 0 aliphatic heterocycles. The van der Waals surface area contributed by atoms with Gasteiger partial charge in [0, 0.05) is 6.92 Å². The van der Waals surface area contributed by atoms with Gasteiger partial charge in [0.25, 0.3) is 0 Å². The van der Waals surface area contributed by atoms with Crippen LogP contribution in [0.4, 0.5) is 0 Å². The van der Waals surface area contributed by atoms with Crippen LogP contribution in [0.25, 0.3) is 0 Å². The predicted octanol–water partition coefficient (Wildman–Crippen LogP) is 2.04.